The van der Waals surface area contributed by atoms with Gasteiger partial charge in [-0.2, -0.15) is 5.26 Å². The van der Waals surface area contributed by atoms with E-state index in [0.717, 1.165) is 34.0 Å². The summed E-state index contributed by atoms with van der Waals surface area (Å²) in [6, 6.07) is 24.9. The van der Waals surface area contributed by atoms with Gasteiger partial charge in [0.15, 0.2) is 0 Å². The van der Waals surface area contributed by atoms with E-state index >= 15 is 0 Å². The molecule has 0 amide bonds. The molecule has 2 aliphatic rings. The number of halogens is 1. The zero-order valence-corrected chi connectivity index (χ0v) is 17.9. The second kappa shape index (κ2) is 7.78. The number of quaternary nitrogens is 1. The third-order valence-electron chi connectivity index (χ3n) is 7.27. The highest BCUT2D eigenvalue weighted by atomic mass is 79.9. The SMILES string of the molecule is C[N+]1(C)C2CCC(C2)CC1CC(C#N)(c1ccccc1)c1ccccc1.[Br-]. The van der Waals surface area contributed by atoms with Crippen molar-refractivity contribution in [3.63, 3.8) is 0 Å². The van der Waals surface area contributed by atoms with Crippen LogP contribution in [0.4, 0.5) is 0 Å². The molecule has 1 aliphatic carbocycles. The van der Waals surface area contributed by atoms with Crippen LogP contribution in [-0.4, -0.2) is 30.7 Å². The van der Waals surface area contributed by atoms with E-state index in [4.69, 9.17) is 0 Å². The van der Waals surface area contributed by atoms with E-state index in [-0.39, 0.29) is 17.0 Å². The minimum Gasteiger partial charge on any atom is -1.00 e. The van der Waals surface area contributed by atoms with E-state index in [1.54, 1.807) is 0 Å². The van der Waals surface area contributed by atoms with Gasteiger partial charge < -0.3 is 21.5 Å². The van der Waals surface area contributed by atoms with Crippen LogP contribution >= 0.6 is 0 Å². The highest BCUT2D eigenvalue weighted by Gasteiger charge is 2.51. The van der Waals surface area contributed by atoms with Crippen molar-refractivity contribution in [2.75, 3.05) is 14.1 Å². The van der Waals surface area contributed by atoms with Crippen molar-refractivity contribution in [3.05, 3.63) is 71.8 Å². The van der Waals surface area contributed by atoms with Gasteiger partial charge in [-0.05, 0) is 29.9 Å². The molecular weight excluding hydrogens is 396 g/mol. The molecule has 2 bridgehead atoms. The van der Waals surface area contributed by atoms with Crippen molar-refractivity contribution in [3.8, 4) is 6.07 Å². The second-order valence-corrected chi connectivity index (χ2v) is 8.80. The fraction of sp³-hybridized carbons (Fsp3) is 0.458. The number of benzene rings is 2. The maximum Gasteiger partial charge on any atom is 0.113 e. The fourth-order valence-electron chi connectivity index (χ4n) is 5.52. The Hall–Kier alpha value is -1.63. The molecule has 2 aromatic rings. The van der Waals surface area contributed by atoms with Crippen LogP contribution < -0.4 is 17.0 Å². The molecule has 2 nitrogen and oxygen atoms in total. The van der Waals surface area contributed by atoms with Crippen LogP contribution in [-0.2, 0) is 5.41 Å². The Morgan fingerprint density at radius 1 is 0.926 bits per heavy atom. The molecule has 4 rings (SSSR count). The third-order valence-corrected chi connectivity index (χ3v) is 7.27. The highest BCUT2D eigenvalue weighted by molar-refractivity contribution is 5.46. The average molecular weight is 425 g/mol. The Bertz CT molecular complexity index is 755. The average Bonchev–Trinajstić information content (AvgIpc) is 3.12. The molecule has 142 valence electrons. The molecule has 0 aromatic heterocycles. The predicted octanol–water partition coefficient (Wildman–Crippen LogP) is 1.91. The second-order valence-electron chi connectivity index (χ2n) is 8.80. The van der Waals surface area contributed by atoms with Crippen molar-refractivity contribution < 1.29 is 21.5 Å². The number of rotatable bonds is 4. The first kappa shape index (κ1) is 20.1. The quantitative estimate of drug-likeness (QED) is 0.687. The standard InChI is InChI=1S/C24H29N2.BrH/c1-26(2)22-14-13-19(15-22)16-23(26)17-24(18-25,20-9-5-3-6-10-20)21-11-7-4-8-12-21;/h3-12,19,22-23H,13-17H2,1-2H3;1H/q+1;/p-1. The monoisotopic (exact) mass is 424 g/mol. The summed E-state index contributed by atoms with van der Waals surface area (Å²) in [4.78, 5) is 0. The molecule has 1 aliphatic heterocycles. The lowest BCUT2D eigenvalue weighted by Crippen LogP contribution is -3.00. The van der Waals surface area contributed by atoms with E-state index in [1.165, 1.54) is 25.7 Å². The lowest BCUT2D eigenvalue weighted by molar-refractivity contribution is -0.943. The molecule has 1 saturated carbocycles. The first-order valence-electron chi connectivity index (χ1n) is 9.92. The van der Waals surface area contributed by atoms with Crippen LogP contribution in [0.25, 0.3) is 0 Å². The summed E-state index contributed by atoms with van der Waals surface area (Å²) in [6.07, 6.45) is 6.26. The van der Waals surface area contributed by atoms with Crippen molar-refractivity contribution >= 4 is 0 Å². The number of likely N-dealkylation sites (tertiary alicyclic amines) is 1. The summed E-state index contributed by atoms with van der Waals surface area (Å²) < 4.78 is 1.07. The number of hydrogen-bond donors (Lipinski definition) is 0. The summed E-state index contributed by atoms with van der Waals surface area (Å²) >= 11 is 0. The maximum absolute atomic E-state index is 10.5. The predicted molar refractivity (Wildman–Crippen MR) is 106 cm³/mol. The fourth-order valence-corrected chi connectivity index (χ4v) is 5.52. The van der Waals surface area contributed by atoms with Gasteiger partial charge in [0.05, 0.1) is 32.2 Å². The van der Waals surface area contributed by atoms with E-state index in [1.807, 2.05) is 12.1 Å². The zero-order chi connectivity index (χ0) is 18.2. The lowest BCUT2D eigenvalue weighted by atomic mass is 9.69. The topological polar surface area (TPSA) is 23.8 Å². The molecule has 0 N–H and O–H groups in total. The Morgan fingerprint density at radius 2 is 1.48 bits per heavy atom. The van der Waals surface area contributed by atoms with E-state index < -0.39 is 5.41 Å². The Labute approximate surface area is 174 Å². The highest BCUT2D eigenvalue weighted by Crippen LogP contribution is 2.47. The molecule has 0 spiro atoms. The first-order chi connectivity index (χ1) is 12.6. The molecule has 0 radical (unpaired) electrons. The molecule has 3 atom stereocenters. The van der Waals surface area contributed by atoms with Crippen molar-refractivity contribution in [2.45, 2.75) is 49.6 Å². The van der Waals surface area contributed by atoms with Gasteiger partial charge in [0, 0.05) is 19.3 Å². The molecule has 3 unspecified atom stereocenters. The van der Waals surface area contributed by atoms with E-state index in [2.05, 4.69) is 68.7 Å². The zero-order valence-electron chi connectivity index (χ0n) is 16.3. The normalized spacial score (nSPS) is 26.0. The van der Waals surface area contributed by atoms with Crippen LogP contribution in [0.3, 0.4) is 0 Å². The molecular formula is C24H29BrN2. The Morgan fingerprint density at radius 3 is 2.00 bits per heavy atom. The summed E-state index contributed by atoms with van der Waals surface area (Å²) in [5.74, 6) is 0.860. The van der Waals surface area contributed by atoms with Gasteiger partial charge in [0.25, 0.3) is 0 Å². The maximum atomic E-state index is 10.5. The van der Waals surface area contributed by atoms with Crippen LogP contribution in [0, 0.1) is 17.2 Å². The van der Waals surface area contributed by atoms with Crippen LogP contribution in [0.15, 0.2) is 60.7 Å². The van der Waals surface area contributed by atoms with E-state index in [0.29, 0.717) is 6.04 Å². The summed E-state index contributed by atoms with van der Waals surface area (Å²) in [6.45, 7) is 0. The number of nitriles is 1. The number of hydrogen-bond acceptors (Lipinski definition) is 1. The molecule has 27 heavy (non-hydrogen) atoms. The van der Waals surface area contributed by atoms with Gasteiger partial charge in [-0.15, -0.1) is 0 Å². The van der Waals surface area contributed by atoms with Crippen LogP contribution in [0.1, 0.15) is 43.2 Å². The van der Waals surface area contributed by atoms with Gasteiger partial charge >= 0.3 is 0 Å². The minimum absolute atomic E-state index is 0. The van der Waals surface area contributed by atoms with Gasteiger partial charge in [0.1, 0.15) is 5.41 Å². The van der Waals surface area contributed by atoms with Crippen molar-refractivity contribution in [1.82, 2.24) is 0 Å². The minimum atomic E-state index is -0.570. The Balaban J connectivity index is 0.00000210. The van der Waals surface area contributed by atoms with Crippen LogP contribution in [0.2, 0.25) is 0 Å². The molecule has 3 heteroatoms. The van der Waals surface area contributed by atoms with Gasteiger partial charge in [-0.1, -0.05) is 60.7 Å². The van der Waals surface area contributed by atoms with Crippen molar-refractivity contribution in [1.29, 1.82) is 5.26 Å². The number of nitrogens with zero attached hydrogens (tertiary/aromatic N) is 2. The van der Waals surface area contributed by atoms with Gasteiger partial charge in [-0.25, -0.2) is 0 Å². The molecule has 1 heterocycles. The lowest BCUT2D eigenvalue weighted by Gasteiger charge is -2.48. The molecule has 1 saturated heterocycles. The van der Waals surface area contributed by atoms with Crippen LogP contribution in [0.5, 0.6) is 0 Å². The van der Waals surface area contributed by atoms with E-state index in [9.17, 15) is 5.26 Å². The van der Waals surface area contributed by atoms with Gasteiger partial charge in [-0.3, -0.25) is 0 Å². The molecule has 2 fully saturated rings. The largest absolute Gasteiger partial charge is 1.00 e. The molecule has 2 aromatic carbocycles. The Kier molecular flexibility index (Phi) is 5.79. The summed E-state index contributed by atoms with van der Waals surface area (Å²) in [5, 5.41) is 10.5. The number of fused-ring (bicyclic) bond motifs is 2. The first-order valence-corrected chi connectivity index (χ1v) is 9.92. The van der Waals surface area contributed by atoms with Crippen molar-refractivity contribution in [2.24, 2.45) is 5.92 Å². The smallest absolute Gasteiger partial charge is 0.113 e. The van der Waals surface area contributed by atoms with Gasteiger partial charge in [0.2, 0.25) is 0 Å². The third kappa shape index (κ3) is 3.46. The number of piperidine rings is 1. The summed E-state index contributed by atoms with van der Waals surface area (Å²) in [5.41, 5.74) is 1.69. The summed E-state index contributed by atoms with van der Waals surface area (Å²) in [7, 11) is 4.80.